The van der Waals surface area contributed by atoms with E-state index in [-0.39, 0.29) is 18.3 Å². The lowest BCUT2D eigenvalue weighted by molar-refractivity contribution is -0.198. The zero-order valence-corrected chi connectivity index (χ0v) is 23.1. The van der Waals surface area contributed by atoms with Crippen LogP contribution in [0.25, 0.3) is 21.9 Å². The summed E-state index contributed by atoms with van der Waals surface area (Å²) in [7, 11) is 3.83. The molecule has 2 aliphatic rings. The molecule has 5 heterocycles. The lowest BCUT2D eigenvalue weighted by atomic mass is 10.1. The summed E-state index contributed by atoms with van der Waals surface area (Å²) in [5.74, 6) is 0.613. The molecule has 2 saturated heterocycles. The standard InChI is InChI=1S/C26H27IN6O4/c1-26(2)36-21-18(12-34-17-8-7-15-6-5-10-28-20(15)19(17)27)35-25(22(21)37-26)33-11-9-16-23(31-14-32(3)4)29-13-30-24(16)33/h5-11,13-14,18,21-22,25H,12H2,1-4H3/b31-14+/t18-,21-,22-,25-/m1/s1. The van der Waals surface area contributed by atoms with Crippen molar-refractivity contribution in [2.45, 2.75) is 44.2 Å². The molecule has 4 aromatic rings. The van der Waals surface area contributed by atoms with Crippen LogP contribution in [0.2, 0.25) is 0 Å². The minimum absolute atomic E-state index is 0.304. The Kier molecular flexibility index (Phi) is 6.25. The number of fused-ring (bicyclic) bond motifs is 3. The molecule has 11 heteroatoms. The summed E-state index contributed by atoms with van der Waals surface area (Å²) in [6.07, 6.45) is 5.52. The van der Waals surface area contributed by atoms with Gasteiger partial charge in [-0.2, -0.15) is 0 Å². The van der Waals surface area contributed by atoms with Gasteiger partial charge in [0.1, 0.15) is 42.6 Å². The molecule has 2 aliphatic heterocycles. The molecule has 4 atom stereocenters. The smallest absolute Gasteiger partial charge is 0.166 e. The number of ether oxygens (including phenoxy) is 4. The van der Waals surface area contributed by atoms with Gasteiger partial charge in [-0.15, -0.1) is 0 Å². The third kappa shape index (κ3) is 4.54. The van der Waals surface area contributed by atoms with E-state index < -0.39 is 12.0 Å². The Balaban J connectivity index is 1.29. The summed E-state index contributed by atoms with van der Waals surface area (Å²) < 4.78 is 28.3. The number of benzene rings is 1. The largest absolute Gasteiger partial charge is 0.490 e. The fraction of sp³-hybridized carbons (Fsp3) is 0.385. The van der Waals surface area contributed by atoms with E-state index in [2.05, 4.69) is 42.5 Å². The van der Waals surface area contributed by atoms with Crippen molar-refractivity contribution < 1.29 is 18.9 Å². The first-order valence-electron chi connectivity index (χ1n) is 12.0. The zero-order chi connectivity index (χ0) is 25.7. The Hall–Kier alpha value is -2.87. The average Bonchev–Trinajstić information content (AvgIpc) is 3.53. The Morgan fingerprint density at radius 2 is 1.97 bits per heavy atom. The summed E-state index contributed by atoms with van der Waals surface area (Å²) in [5.41, 5.74) is 1.63. The van der Waals surface area contributed by atoms with E-state index >= 15 is 0 Å². The van der Waals surface area contributed by atoms with Gasteiger partial charge in [0, 0.05) is 31.9 Å². The molecule has 37 heavy (non-hydrogen) atoms. The number of hydrogen-bond acceptors (Lipinski definition) is 8. The Bertz CT molecular complexity index is 1490. The van der Waals surface area contributed by atoms with Gasteiger partial charge in [0.2, 0.25) is 0 Å². The zero-order valence-electron chi connectivity index (χ0n) is 20.9. The Morgan fingerprint density at radius 1 is 1.14 bits per heavy atom. The highest BCUT2D eigenvalue weighted by Gasteiger charge is 2.56. The minimum Gasteiger partial charge on any atom is -0.490 e. The molecule has 6 rings (SSSR count). The molecule has 0 spiro atoms. The highest BCUT2D eigenvalue weighted by Crippen LogP contribution is 2.44. The Labute approximate surface area is 227 Å². The van der Waals surface area contributed by atoms with Gasteiger partial charge in [-0.25, -0.2) is 15.0 Å². The maximum absolute atomic E-state index is 6.52. The molecule has 0 amide bonds. The van der Waals surface area contributed by atoms with Gasteiger partial charge in [-0.1, -0.05) is 6.07 Å². The molecule has 0 N–H and O–H groups in total. The monoisotopic (exact) mass is 614 g/mol. The highest BCUT2D eigenvalue weighted by molar-refractivity contribution is 14.1. The minimum atomic E-state index is -0.740. The van der Waals surface area contributed by atoms with E-state index in [1.165, 1.54) is 6.33 Å². The molecule has 0 saturated carbocycles. The normalized spacial score (nSPS) is 24.8. The number of pyridine rings is 1. The first-order valence-corrected chi connectivity index (χ1v) is 13.1. The van der Waals surface area contributed by atoms with E-state index in [0.29, 0.717) is 12.4 Å². The maximum atomic E-state index is 6.52. The van der Waals surface area contributed by atoms with Crippen molar-refractivity contribution >= 4 is 56.7 Å². The summed E-state index contributed by atoms with van der Waals surface area (Å²) in [6.45, 7) is 4.14. The first kappa shape index (κ1) is 24.5. The number of rotatable bonds is 6. The summed E-state index contributed by atoms with van der Waals surface area (Å²) in [6, 6.07) is 9.90. The van der Waals surface area contributed by atoms with Crippen molar-refractivity contribution in [3.63, 3.8) is 0 Å². The van der Waals surface area contributed by atoms with Gasteiger partial charge >= 0.3 is 0 Å². The third-order valence-electron chi connectivity index (χ3n) is 6.38. The molecule has 10 nitrogen and oxygen atoms in total. The first-order chi connectivity index (χ1) is 17.8. The van der Waals surface area contributed by atoms with E-state index in [9.17, 15) is 0 Å². The number of nitrogens with zero attached hydrogens (tertiary/aromatic N) is 6. The second kappa shape index (κ2) is 9.46. The summed E-state index contributed by atoms with van der Waals surface area (Å²) in [4.78, 5) is 19.7. The molecule has 1 aromatic carbocycles. The van der Waals surface area contributed by atoms with Gasteiger partial charge < -0.3 is 28.4 Å². The van der Waals surface area contributed by atoms with Crippen LogP contribution in [0, 0.1) is 3.57 Å². The summed E-state index contributed by atoms with van der Waals surface area (Å²) in [5, 5.41) is 1.90. The molecule has 0 bridgehead atoms. The quantitative estimate of drug-likeness (QED) is 0.180. The lowest BCUT2D eigenvalue weighted by Gasteiger charge is -2.25. The molecule has 3 aromatic heterocycles. The second-order valence-corrected chi connectivity index (χ2v) is 10.8. The van der Waals surface area contributed by atoms with E-state index in [4.69, 9.17) is 18.9 Å². The fourth-order valence-electron chi connectivity index (χ4n) is 4.83. The van der Waals surface area contributed by atoms with Crippen LogP contribution in [0.1, 0.15) is 20.1 Å². The molecule has 0 unspecified atom stereocenters. The van der Waals surface area contributed by atoms with Crippen LogP contribution in [0.15, 0.2) is 54.0 Å². The van der Waals surface area contributed by atoms with Crippen LogP contribution in [-0.4, -0.2) is 75.6 Å². The van der Waals surface area contributed by atoms with Crippen molar-refractivity contribution in [3.05, 3.63) is 52.6 Å². The maximum Gasteiger partial charge on any atom is 0.166 e. The number of halogens is 1. The predicted octanol–water partition coefficient (Wildman–Crippen LogP) is 4.30. The van der Waals surface area contributed by atoms with Crippen LogP contribution in [0.4, 0.5) is 5.82 Å². The SMILES string of the molecule is CN(C)/C=N/c1ncnc2c1ccn2[C@@H]1O[C@H](COc2ccc3cccnc3c2I)[C@H]2OC(C)(C)O[C@H]21. The molecule has 0 aliphatic carbocycles. The van der Waals surface area contributed by atoms with Gasteiger partial charge in [0.05, 0.1) is 20.8 Å². The molecular formula is C26H27IN6O4. The number of hydrogen-bond donors (Lipinski definition) is 0. The van der Waals surface area contributed by atoms with E-state index in [0.717, 1.165) is 31.3 Å². The second-order valence-electron chi connectivity index (χ2n) is 9.76. The highest BCUT2D eigenvalue weighted by atomic mass is 127. The molecule has 2 fully saturated rings. The van der Waals surface area contributed by atoms with Crippen molar-refractivity contribution in [1.82, 2.24) is 24.4 Å². The van der Waals surface area contributed by atoms with Crippen LogP contribution >= 0.6 is 22.6 Å². The van der Waals surface area contributed by atoms with Crippen LogP contribution in [0.3, 0.4) is 0 Å². The van der Waals surface area contributed by atoms with Gasteiger partial charge in [0.25, 0.3) is 0 Å². The number of aromatic nitrogens is 4. The lowest BCUT2D eigenvalue weighted by Crippen LogP contribution is -2.34. The average molecular weight is 614 g/mol. The summed E-state index contributed by atoms with van der Waals surface area (Å²) >= 11 is 2.28. The Morgan fingerprint density at radius 3 is 2.81 bits per heavy atom. The molecule has 0 radical (unpaired) electrons. The fourth-order valence-corrected chi connectivity index (χ4v) is 5.61. The predicted molar refractivity (Wildman–Crippen MR) is 147 cm³/mol. The van der Waals surface area contributed by atoms with Crippen LogP contribution in [0.5, 0.6) is 5.75 Å². The van der Waals surface area contributed by atoms with Gasteiger partial charge in [-0.3, -0.25) is 4.98 Å². The van der Waals surface area contributed by atoms with Gasteiger partial charge in [0.15, 0.2) is 17.8 Å². The van der Waals surface area contributed by atoms with E-state index in [1.807, 2.05) is 73.9 Å². The number of aliphatic imine (C=N–C) groups is 1. The van der Waals surface area contributed by atoms with Crippen LogP contribution in [-0.2, 0) is 14.2 Å². The van der Waals surface area contributed by atoms with Crippen LogP contribution < -0.4 is 4.74 Å². The van der Waals surface area contributed by atoms with Gasteiger partial charge in [-0.05, 0) is 60.7 Å². The topological polar surface area (TPSA) is 96.1 Å². The van der Waals surface area contributed by atoms with Crippen molar-refractivity contribution in [2.75, 3.05) is 20.7 Å². The van der Waals surface area contributed by atoms with Crippen molar-refractivity contribution in [3.8, 4) is 5.75 Å². The molecule has 192 valence electrons. The van der Waals surface area contributed by atoms with Crippen molar-refractivity contribution in [2.24, 2.45) is 4.99 Å². The van der Waals surface area contributed by atoms with Crippen molar-refractivity contribution in [1.29, 1.82) is 0 Å². The third-order valence-corrected chi connectivity index (χ3v) is 7.42. The molecular weight excluding hydrogens is 587 g/mol. The van der Waals surface area contributed by atoms with E-state index in [1.54, 1.807) is 12.5 Å².